The maximum absolute atomic E-state index is 13.8. The van der Waals surface area contributed by atoms with Gasteiger partial charge in [0.1, 0.15) is 0 Å². The van der Waals surface area contributed by atoms with Crippen molar-refractivity contribution in [2.45, 2.75) is 59.6 Å². The Hall–Kier alpha value is -2.32. The standard InChI is InChI=1S/C15H5F21N/c16-6(17,8(20,21)10(24,25)12(28,29)14(32,33)34)7(18,19)9(22,23)11(26,27)13(30,31)15(35,36)37-4-2-1-3-5-37/h1-5H/q+1. The van der Waals surface area contributed by atoms with Crippen LogP contribution < -0.4 is 4.57 Å². The van der Waals surface area contributed by atoms with Crippen LogP contribution in [0.1, 0.15) is 0 Å². The van der Waals surface area contributed by atoms with E-state index in [2.05, 4.69) is 0 Å². The minimum atomic E-state index is -9.17. The van der Waals surface area contributed by atoms with Crippen LogP contribution in [0.5, 0.6) is 0 Å². The first-order valence-corrected chi connectivity index (χ1v) is 8.29. The largest absolute Gasteiger partial charge is 0.534 e. The molecule has 37 heavy (non-hydrogen) atoms. The van der Waals surface area contributed by atoms with Crippen molar-refractivity contribution < 1.29 is 96.8 Å². The fraction of sp³-hybridized carbons (Fsp3) is 0.667. The van der Waals surface area contributed by atoms with Crippen LogP contribution >= 0.6 is 0 Å². The van der Waals surface area contributed by atoms with Crippen molar-refractivity contribution >= 4 is 0 Å². The second-order valence-corrected chi connectivity index (χ2v) is 6.92. The molecule has 0 aliphatic carbocycles. The van der Waals surface area contributed by atoms with Gasteiger partial charge in [-0.1, -0.05) is 6.07 Å². The Labute approximate surface area is 188 Å². The molecule has 0 fully saturated rings. The summed E-state index contributed by atoms with van der Waals surface area (Å²) in [5, 5.41) is 0. The van der Waals surface area contributed by atoms with Gasteiger partial charge in [-0.15, -0.1) is 13.3 Å². The highest BCUT2D eigenvalue weighted by atomic mass is 19.4. The van der Waals surface area contributed by atoms with E-state index in [0.29, 0.717) is 18.2 Å². The van der Waals surface area contributed by atoms with Crippen molar-refractivity contribution in [1.29, 1.82) is 0 Å². The quantitative estimate of drug-likeness (QED) is 0.210. The van der Waals surface area contributed by atoms with Crippen molar-refractivity contribution in [3.8, 4) is 0 Å². The fourth-order valence-corrected chi connectivity index (χ4v) is 2.30. The zero-order chi connectivity index (χ0) is 30.1. The maximum Gasteiger partial charge on any atom is 0.534 e. The summed E-state index contributed by atoms with van der Waals surface area (Å²) in [6.07, 6.45) is -8.63. The lowest BCUT2D eigenvalue weighted by Crippen LogP contribution is -2.78. The molecule has 0 saturated heterocycles. The number of rotatable bonds is 9. The van der Waals surface area contributed by atoms with Crippen LogP contribution in [-0.2, 0) is 6.05 Å². The maximum atomic E-state index is 13.8. The minimum Gasteiger partial charge on any atom is -0.192 e. The van der Waals surface area contributed by atoms with Gasteiger partial charge in [0.2, 0.25) is 0 Å². The number of aromatic nitrogens is 1. The van der Waals surface area contributed by atoms with Gasteiger partial charge in [-0.3, -0.25) is 0 Å². The summed E-state index contributed by atoms with van der Waals surface area (Å²) in [5.41, 5.74) is 0. The highest BCUT2D eigenvalue weighted by molar-refractivity contribution is 5.17. The van der Waals surface area contributed by atoms with Crippen molar-refractivity contribution in [1.82, 2.24) is 0 Å². The number of halogens is 21. The average molecular weight is 598 g/mol. The van der Waals surface area contributed by atoms with Crippen molar-refractivity contribution in [3.05, 3.63) is 30.6 Å². The molecular formula is C15H5F21N+. The third-order valence-corrected chi connectivity index (χ3v) is 4.53. The molecular weight excluding hydrogens is 593 g/mol. The molecule has 0 aromatic carbocycles. The lowest BCUT2D eigenvalue weighted by Gasteiger charge is -2.43. The van der Waals surface area contributed by atoms with Crippen LogP contribution in [0.2, 0.25) is 0 Å². The highest BCUT2D eigenvalue weighted by Crippen LogP contribution is 2.66. The molecule has 1 aromatic heterocycles. The summed E-state index contributed by atoms with van der Waals surface area (Å²) in [7, 11) is 0. The zero-order valence-corrected chi connectivity index (χ0v) is 16.3. The number of hydrogen-bond acceptors (Lipinski definition) is 0. The number of hydrogen-bond donors (Lipinski definition) is 0. The van der Waals surface area contributed by atoms with Crippen LogP contribution in [0.4, 0.5) is 92.2 Å². The van der Waals surface area contributed by atoms with Gasteiger partial charge in [-0.05, 0) is 0 Å². The smallest absolute Gasteiger partial charge is 0.192 e. The first-order chi connectivity index (χ1) is 15.9. The van der Waals surface area contributed by atoms with Crippen molar-refractivity contribution in [3.63, 3.8) is 0 Å². The predicted molar refractivity (Wildman–Crippen MR) is 72.5 cm³/mol. The van der Waals surface area contributed by atoms with Crippen LogP contribution in [-0.4, -0.2) is 53.6 Å². The Kier molecular flexibility index (Phi) is 7.37. The van der Waals surface area contributed by atoms with E-state index in [1.54, 1.807) is 0 Å². The third-order valence-electron chi connectivity index (χ3n) is 4.53. The van der Waals surface area contributed by atoms with Gasteiger partial charge in [0.05, 0.1) is 0 Å². The third kappa shape index (κ3) is 3.94. The Morgan fingerprint density at radius 1 is 0.297 bits per heavy atom. The second-order valence-electron chi connectivity index (χ2n) is 6.92. The Balaban J connectivity index is 3.81. The monoisotopic (exact) mass is 598 g/mol. The molecule has 0 unspecified atom stereocenters. The molecule has 1 heterocycles. The molecule has 0 aliphatic heterocycles. The average Bonchev–Trinajstić information content (AvgIpc) is 2.72. The first kappa shape index (κ1) is 32.7. The summed E-state index contributed by atoms with van der Waals surface area (Å²) in [5.74, 6) is -70.3. The Morgan fingerprint density at radius 2 is 0.541 bits per heavy atom. The fourth-order valence-electron chi connectivity index (χ4n) is 2.30. The van der Waals surface area contributed by atoms with E-state index < -0.39 is 64.2 Å². The minimum absolute atomic E-state index is 0.298. The van der Waals surface area contributed by atoms with E-state index in [0.717, 1.165) is 0 Å². The van der Waals surface area contributed by atoms with E-state index in [-0.39, 0.29) is 12.4 Å². The molecule has 216 valence electrons. The molecule has 0 amide bonds. The normalized spacial score (nSPS) is 16.2. The molecule has 0 bridgehead atoms. The molecule has 0 N–H and O–H groups in total. The number of alkyl halides is 21. The summed E-state index contributed by atoms with van der Waals surface area (Å²) in [6, 6.07) is -5.54. The molecule has 0 aliphatic rings. The van der Waals surface area contributed by atoms with E-state index in [1.807, 2.05) is 0 Å². The van der Waals surface area contributed by atoms with Crippen molar-refractivity contribution in [2.75, 3.05) is 0 Å². The molecule has 0 spiro atoms. The van der Waals surface area contributed by atoms with Gasteiger partial charge in [0, 0.05) is 12.1 Å². The molecule has 22 heteroatoms. The predicted octanol–water partition coefficient (Wildman–Crippen LogP) is 7.17. The van der Waals surface area contributed by atoms with Gasteiger partial charge in [-0.2, -0.15) is 83.4 Å². The van der Waals surface area contributed by atoms with Gasteiger partial charge < -0.3 is 0 Å². The van der Waals surface area contributed by atoms with Gasteiger partial charge in [0.25, 0.3) is 0 Å². The Morgan fingerprint density at radius 3 is 0.811 bits per heavy atom. The summed E-state index contributed by atoms with van der Waals surface area (Å²) >= 11 is 0. The van der Waals surface area contributed by atoms with Gasteiger partial charge >= 0.3 is 59.6 Å². The Bertz CT molecular complexity index is 960. The van der Waals surface area contributed by atoms with Crippen LogP contribution in [0.15, 0.2) is 30.6 Å². The molecule has 1 aromatic rings. The van der Waals surface area contributed by atoms with E-state index in [4.69, 9.17) is 0 Å². The lowest BCUT2D eigenvalue weighted by molar-refractivity contribution is -0.849. The molecule has 1 nitrogen and oxygen atoms in total. The lowest BCUT2D eigenvalue weighted by atomic mass is 9.87. The van der Waals surface area contributed by atoms with Gasteiger partial charge in [0.15, 0.2) is 12.4 Å². The zero-order valence-electron chi connectivity index (χ0n) is 16.3. The van der Waals surface area contributed by atoms with Crippen LogP contribution in [0.25, 0.3) is 0 Å². The number of pyridine rings is 1. The van der Waals surface area contributed by atoms with Crippen LogP contribution in [0.3, 0.4) is 0 Å². The summed E-state index contributed by atoms with van der Waals surface area (Å²) in [4.78, 5) is 0. The van der Waals surface area contributed by atoms with E-state index in [1.165, 1.54) is 0 Å². The second kappa shape index (κ2) is 8.34. The summed E-state index contributed by atoms with van der Waals surface area (Å²) in [6.45, 7) is 0. The number of nitrogens with zero attached hydrogens (tertiary/aromatic N) is 1. The highest BCUT2D eigenvalue weighted by Gasteiger charge is 2.98. The van der Waals surface area contributed by atoms with E-state index in [9.17, 15) is 92.2 Å². The molecule has 0 atom stereocenters. The summed E-state index contributed by atoms with van der Waals surface area (Å²) < 4.78 is 277. The first-order valence-electron chi connectivity index (χ1n) is 8.29. The van der Waals surface area contributed by atoms with Crippen LogP contribution in [0, 0.1) is 0 Å². The molecule has 0 radical (unpaired) electrons. The topological polar surface area (TPSA) is 3.88 Å². The van der Waals surface area contributed by atoms with Crippen molar-refractivity contribution in [2.24, 2.45) is 0 Å². The molecule has 0 saturated carbocycles. The SMILES string of the molecule is FC(F)(F)C(F)(F)C(F)(F)C(F)(F)C(F)(F)C(F)(F)C(F)(F)C(F)(F)C(F)(F)C(F)(F)[n+]1ccccc1. The van der Waals surface area contributed by atoms with Gasteiger partial charge in [-0.25, -0.2) is 0 Å². The molecule has 1 rings (SSSR count). The van der Waals surface area contributed by atoms with E-state index >= 15 is 0 Å².